The molecule has 4 heteroatoms. The number of ether oxygens (including phenoxy) is 1. The van der Waals surface area contributed by atoms with E-state index in [0.29, 0.717) is 6.42 Å². The van der Waals surface area contributed by atoms with E-state index in [2.05, 4.69) is 6.92 Å². The largest absolute Gasteiger partial charge is 0.388 e. The first-order valence-corrected chi connectivity index (χ1v) is 7.31. The lowest BCUT2D eigenvalue weighted by Gasteiger charge is -2.23. The van der Waals surface area contributed by atoms with Crippen LogP contribution in [0.25, 0.3) is 0 Å². The second kappa shape index (κ2) is 5.19. The topological polar surface area (TPSA) is 49.8 Å². The van der Waals surface area contributed by atoms with Gasteiger partial charge in [-0.1, -0.05) is 19.1 Å². The number of amides is 1. The fourth-order valence-corrected chi connectivity index (χ4v) is 3.37. The van der Waals surface area contributed by atoms with E-state index in [0.717, 1.165) is 36.3 Å². The van der Waals surface area contributed by atoms with Crippen LogP contribution in [0, 0.1) is 5.92 Å². The second-order valence-corrected chi connectivity index (χ2v) is 5.73. The van der Waals surface area contributed by atoms with Crippen LogP contribution in [0.2, 0.25) is 0 Å². The first kappa shape index (κ1) is 13.6. The number of rotatable bonds is 3. The molecule has 0 spiro atoms. The minimum Gasteiger partial charge on any atom is -0.388 e. The zero-order valence-corrected chi connectivity index (χ0v) is 12.0. The fraction of sp³-hybridized carbons (Fsp3) is 0.562. The Morgan fingerprint density at radius 2 is 2.30 bits per heavy atom. The Kier molecular flexibility index (Phi) is 3.52. The van der Waals surface area contributed by atoms with Gasteiger partial charge in [0.2, 0.25) is 5.91 Å². The third kappa shape index (κ3) is 2.13. The molecule has 0 bridgehead atoms. The highest BCUT2D eigenvalue weighted by atomic mass is 16.5. The number of aliphatic hydroxyl groups is 1. The summed E-state index contributed by atoms with van der Waals surface area (Å²) in [5, 5.41) is 10.6. The van der Waals surface area contributed by atoms with E-state index in [1.54, 1.807) is 11.9 Å². The van der Waals surface area contributed by atoms with E-state index in [9.17, 15) is 9.90 Å². The number of hydrogen-bond acceptors (Lipinski definition) is 3. The zero-order valence-electron chi connectivity index (χ0n) is 12.0. The summed E-state index contributed by atoms with van der Waals surface area (Å²) in [6.45, 7) is 2.82. The van der Waals surface area contributed by atoms with Gasteiger partial charge in [0.25, 0.3) is 0 Å². The molecule has 0 aromatic heterocycles. The average Bonchev–Trinajstić information content (AvgIpc) is 3.03. The van der Waals surface area contributed by atoms with Gasteiger partial charge in [0.1, 0.15) is 0 Å². The molecule has 0 radical (unpaired) electrons. The first-order valence-electron chi connectivity index (χ1n) is 7.31. The monoisotopic (exact) mass is 275 g/mol. The number of carbonyl (C=O) groups excluding carboxylic acids is 1. The molecule has 108 valence electrons. The Hall–Kier alpha value is -1.39. The molecule has 3 rings (SSSR count). The average molecular weight is 275 g/mol. The van der Waals surface area contributed by atoms with Crippen LogP contribution in [0.3, 0.4) is 0 Å². The molecule has 0 aliphatic carbocycles. The Labute approximate surface area is 119 Å². The lowest BCUT2D eigenvalue weighted by molar-refractivity contribution is -0.117. The van der Waals surface area contributed by atoms with Gasteiger partial charge in [-0.2, -0.15) is 0 Å². The van der Waals surface area contributed by atoms with Crippen molar-refractivity contribution in [3.8, 4) is 0 Å². The van der Waals surface area contributed by atoms with Crippen LogP contribution in [0.5, 0.6) is 0 Å². The molecule has 0 saturated carbocycles. The lowest BCUT2D eigenvalue weighted by atomic mass is 9.88. The van der Waals surface area contributed by atoms with Crippen molar-refractivity contribution in [2.75, 3.05) is 18.6 Å². The van der Waals surface area contributed by atoms with E-state index >= 15 is 0 Å². The third-order valence-corrected chi connectivity index (χ3v) is 4.59. The van der Waals surface area contributed by atoms with Crippen LogP contribution < -0.4 is 4.90 Å². The van der Waals surface area contributed by atoms with Crippen LogP contribution in [0.1, 0.15) is 37.0 Å². The Morgan fingerprint density at radius 1 is 1.50 bits per heavy atom. The van der Waals surface area contributed by atoms with Gasteiger partial charge in [-0.25, -0.2) is 0 Å². The summed E-state index contributed by atoms with van der Waals surface area (Å²) in [4.78, 5) is 13.4. The van der Waals surface area contributed by atoms with Gasteiger partial charge in [0, 0.05) is 25.3 Å². The van der Waals surface area contributed by atoms with Gasteiger partial charge in [-0.05, 0) is 30.0 Å². The van der Waals surface area contributed by atoms with Gasteiger partial charge >= 0.3 is 0 Å². The number of nitrogens with zero attached hydrogens (tertiary/aromatic N) is 1. The van der Waals surface area contributed by atoms with Crippen LogP contribution in [-0.2, 0) is 16.0 Å². The van der Waals surface area contributed by atoms with Crippen molar-refractivity contribution >= 4 is 11.6 Å². The Bertz CT molecular complexity index is 528. The predicted molar refractivity (Wildman–Crippen MR) is 76.7 cm³/mol. The summed E-state index contributed by atoms with van der Waals surface area (Å²) in [5.41, 5.74) is 2.88. The number of likely N-dealkylation sites (N-methyl/N-ethyl adjacent to an activating group) is 1. The Balaban J connectivity index is 1.85. The molecule has 3 unspecified atom stereocenters. The number of anilines is 1. The van der Waals surface area contributed by atoms with Crippen molar-refractivity contribution in [3.05, 3.63) is 29.3 Å². The van der Waals surface area contributed by atoms with Gasteiger partial charge in [0.05, 0.1) is 18.6 Å². The van der Waals surface area contributed by atoms with Crippen molar-refractivity contribution < 1.29 is 14.6 Å². The summed E-state index contributed by atoms with van der Waals surface area (Å²) < 4.78 is 5.66. The minimum absolute atomic E-state index is 0.113. The maximum Gasteiger partial charge on any atom is 0.231 e. The Morgan fingerprint density at radius 3 is 3.05 bits per heavy atom. The van der Waals surface area contributed by atoms with E-state index in [4.69, 9.17) is 4.74 Å². The normalized spacial score (nSPS) is 26.9. The van der Waals surface area contributed by atoms with Crippen LogP contribution in [0.15, 0.2) is 18.2 Å². The van der Waals surface area contributed by atoms with Gasteiger partial charge in [0.15, 0.2) is 0 Å². The van der Waals surface area contributed by atoms with E-state index in [-0.39, 0.29) is 17.9 Å². The molecule has 3 atom stereocenters. The fourth-order valence-electron chi connectivity index (χ4n) is 3.37. The number of hydrogen-bond donors (Lipinski definition) is 1. The molecule has 1 amide bonds. The van der Waals surface area contributed by atoms with Crippen LogP contribution >= 0.6 is 0 Å². The van der Waals surface area contributed by atoms with E-state index < -0.39 is 6.10 Å². The summed E-state index contributed by atoms with van der Waals surface area (Å²) in [6.07, 6.45) is 1.89. The maximum absolute atomic E-state index is 11.7. The molecule has 2 aliphatic heterocycles. The minimum atomic E-state index is -0.506. The molecule has 2 aliphatic rings. The standard InChI is InChI=1S/C16H21NO3/c1-3-14-12(6-7-20-14)16(19)10-4-5-13-11(8-10)9-15(18)17(13)2/h4-5,8,12,14,16,19H,3,6-7,9H2,1-2H3. The predicted octanol–water partition coefficient (Wildman–Crippen LogP) is 2.05. The van der Waals surface area contributed by atoms with Crippen molar-refractivity contribution in [2.24, 2.45) is 5.92 Å². The summed E-state index contributed by atoms with van der Waals surface area (Å²) in [5.74, 6) is 0.273. The smallest absolute Gasteiger partial charge is 0.231 e. The number of benzene rings is 1. The number of carbonyl (C=O) groups is 1. The molecular weight excluding hydrogens is 254 g/mol. The SMILES string of the molecule is CCC1OCCC1C(O)c1ccc2c(c1)CC(=O)N2C. The molecule has 1 saturated heterocycles. The van der Waals surface area contributed by atoms with Crippen molar-refractivity contribution in [1.29, 1.82) is 0 Å². The molecule has 1 fully saturated rings. The molecular formula is C16H21NO3. The maximum atomic E-state index is 11.7. The molecule has 2 heterocycles. The third-order valence-electron chi connectivity index (χ3n) is 4.59. The van der Waals surface area contributed by atoms with Crippen molar-refractivity contribution in [3.63, 3.8) is 0 Å². The molecule has 1 aromatic carbocycles. The molecule has 4 nitrogen and oxygen atoms in total. The zero-order chi connectivity index (χ0) is 14.3. The van der Waals surface area contributed by atoms with E-state index in [1.165, 1.54) is 0 Å². The van der Waals surface area contributed by atoms with Gasteiger partial charge < -0.3 is 14.7 Å². The van der Waals surface area contributed by atoms with Crippen molar-refractivity contribution in [1.82, 2.24) is 0 Å². The van der Waals surface area contributed by atoms with E-state index in [1.807, 2.05) is 18.2 Å². The quantitative estimate of drug-likeness (QED) is 0.918. The molecule has 1 aromatic rings. The highest BCUT2D eigenvalue weighted by molar-refractivity contribution is 6.00. The second-order valence-electron chi connectivity index (χ2n) is 5.73. The highest BCUT2D eigenvalue weighted by Gasteiger charge is 2.34. The van der Waals surface area contributed by atoms with Crippen LogP contribution in [0.4, 0.5) is 5.69 Å². The number of aliphatic hydroxyl groups excluding tert-OH is 1. The summed E-state index contributed by atoms with van der Waals surface area (Å²) in [6, 6.07) is 5.85. The van der Waals surface area contributed by atoms with Crippen LogP contribution in [-0.4, -0.2) is 30.8 Å². The van der Waals surface area contributed by atoms with Gasteiger partial charge in [-0.3, -0.25) is 4.79 Å². The highest BCUT2D eigenvalue weighted by Crippen LogP contribution is 2.37. The lowest BCUT2D eigenvalue weighted by Crippen LogP contribution is -2.22. The molecule has 20 heavy (non-hydrogen) atoms. The summed E-state index contributed by atoms with van der Waals surface area (Å²) >= 11 is 0. The summed E-state index contributed by atoms with van der Waals surface area (Å²) in [7, 11) is 1.79. The van der Waals surface area contributed by atoms with Gasteiger partial charge in [-0.15, -0.1) is 0 Å². The number of fused-ring (bicyclic) bond motifs is 1. The first-order chi connectivity index (χ1) is 9.61. The molecule has 1 N–H and O–H groups in total. The van der Waals surface area contributed by atoms with Crippen molar-refractivity contribution in [2.45, 2.75) is 38.4 Å².